The molecule has 1 heterocycles. The Morgan fingerprint density at radius 1 is 1.13 bits per heavy atom. The van der Waals surface area contributed by atoms with Gasteiger partial charge in [0.25, 0.3) is 0 Å². The minimum Gasteiger partial charge on any atom is -0.493 e. The zero-order valence-electron chi connectivity index (χ0n) is 18.0. The lowest BCUT2D eigenvalue weighted by Crippen LogP contribution is -2.31. The van der Waals surface area contributed by atoms with Crippen LogP contribution in [-0.4, -0.2) is 29.5 Å². The predicted octanol–water partition coefficient (Wildman–Crippen LogP) is 4.78. The van der Waals surface area contributed by atoms with Crippen molar-refractivity contribution in [2.75, 3.05) is 19.0 Å². The Bertz CT molecular complexity index is 1030. The van der Waals surface area contributed by atoms with Crippen LogP contribution >= 0.6 is 0 Å². The van der Waals surface area contributed by atoms with E-state index in [1.54, 1.807) is 7.11 Å². The number of rotatable bonds is 7. The van der Waals surface area contributed by atoms with Gasteiger partial charge in [-0.05, 0) is 69.7 Å². The number of aromatic nitrogens is 2. The molecule has 3 rings (SSSR count). The summed E-state index contributed by atoms with van der Waals surface area (Å²) in [7, 11) is 1.60. The van der Waals surface area contributed by atoms with E-state index in [0.717, 1.165) is 22.6 Å². The average Bonchev–Trinajstić information content (AvgIpc) is 3.06. The Morgan fingerprint density at radius 3 is 2.60 bits per heavy atom. The summed E-state index contributed by atoms with van der Waals surface area (Å²) in [5.41, 5.74) is 4.48. The monoisotopic (exact) mass is 408 g/mol. The van der Waals surface area contributed by atoms with Crippen molar-refractivity contribution < 1.29 is 14.3 Å². The van der Waals surface area contributed by atoms with Gasteiger partial charge in [0.05, 0.1) is 31.1 Å². The fourth-order valence-corrected chi connectivity index (χ4v) is 3.28. The predicted molar refractivity (Wildman–Crippen MR) is 118 cm³/mol. The van der Waals surface area contributed by atoms with E-state index in [4.69, 9.17) is 9.47 Å². The lowest BCUT2D eigenvalue weighted by Gasteiger charge is -2.17. The summed E-state index contributed by atoms with van der Waals surface area (Å²) in [4.78, 5) is 12.5. The Labute approximate surface area is 177 Å². The molecule has 0 spiro atoms. The Morgan fingerprint density at radius 2 is 1.93 bits per heavy atom. The van der Waals surface area contributed by atoms with Crippen molar-refractivity contribution in [2.24, 2.45) is 0 Å². The topological polar surface area (TPSA) is 77.4 Å². The largest absolute Gasteiger partial charge is 0.493 e. The summed E-state index contributed by atoms with van der Waals surface area (Å²) in [6, 6.07) is 14.7. The molecule has 2 aromatic carbocycles. The molecule has 0 aliphatic heterocycles. The van der Waals surface area contributed by atoms with Crippen LogP contribution in [-0.2, 0) is 0 Å². The van der Waals surface area contributed by atoms with Crippen molar-refractivity contribution in [1.29, 1.82) is 0 Å². The zero-order chi connectivity index (χ0) is 21.7. The number of benzene rings is 2. The third-order valence-electron chi connectivity index (χ3n) is 4.69. The lowest BCUT2D eigenvalue weighted by molar-refractivity contribution is 0.249. The second-order valence-electron chi connectivity index (χ2n) is 7.05. The Balaban J connectivity index is 1.68. The number of carbonyl (C=O) groups excluding carboxylic acids is 1. The number of hydrogen-bond donors (Lipinski definition) is 2. The van der Waals surface area contributed by atoms with Gasteiger partial charge >= 0.3 is 6.03 Å². The molecule has 0 bridgehead atoms. The zero-order valence-corrected chi connectivity index (χ0v) is 18.0. The Kier molecular flexibility index (Phi) is 6.61. The molecule has 1 unspecified atom stereocenters. The lowest BCUT2D eigenvalue weighted by atomic mass is 10.1. The molecule has 0 saturated heterocycles. The minimum absolute atomic E-state index is 0.214. The number of ether oxygens (including phenoxy) is 2. The highest BCUT2D eigenvalue weighted by Gasteiger charge is 2.13. The first-order chi connectivity index (χ1) is 14.4. The van der Waals surface area contributed by atoms with Crippen molar-refractivity contribution in [3.8, 4) is 17.2 Å². The van der Waals surface area contributed by atoms with Crippen molar-refractivity contribution in [2.45, 2.75) is 33.7 Å². The van der Waals surface area contributed by atoms with Crippen molar-refractivity contribution in [1.82, 2.24) is 15.1 Å². The quantitative estimate of drug-likeness (QED) is 0.590. The van der Waals surface area contributed by atoms with Gasteiger partial charge in [0.2, 0.25) is 0 Å². The second-order valence-corrected chi connectivity index (χ2v) is 7.05. The molecular weight excluding hydrogens is 380 g/mol. The number of nitrogens with one attached hydrogen (secondary N) is 2. The van der Waals surface area contributed by atoms with Crippen LogP contribution in [0.2, 0.25) is 0 Å². The van der Waals surface area contributed by atoms with Gasteiger partial charge in [0, 0.05) is 11.4 Å². The molecular formula is C23H28N4O3. The maximum absolute atomic E-state index is 12.5. The van der Waals surface area contributed by atoms with E-state index in [-0.39, 0.29) is 12.1 Å². The summed E-state index contributed by atoms with van der Waals surface area (Å²) in [5.74, 6) is 1.32. The molecule has 1 atom stereocenters. The third kappa shape index (κ3) is 4.92. The smallest absolute Gasteiger partial charge is 0.319 e. The normalized spacial score (nSPS) is 11.6. The number of anilines is 1. The van der Waals surface area contributed by atoms with E-state index >= 15 is 0 Å². The van der Waals surface area contributed by atoms with Crippen LogP contribution < -0.4 is 20.1 Å². The average molecular weight is 409 g/mol. The SMILES string of the molecule is CCOc1ccc(C(C)NC(=O)Nc2cccc(-n3nc(C)cc3C)c2)cc1OC. The summed E-state index contributed by atoms with van der Waals surface area (Å²) < 4.78 is 12.8. The molecule has 7 nitrogen and oxygen atoms in total. The molecule has 0 aliphatic carbocycles. The summed E-state index contributed by atoms with van der Waals surface area (Å²) in [6.45, 7) is 8.35. The van der Waals surface area contributed by atoms with Gasteiger partial charge < -0.3 is 20.1 Å². The van der Waals surface area contributed by atoms with Gasteiger partial charge in [0.15, 0.2) is 11.5 Å². The second kappa shape index (κ2) is 9.35. The summed E-state index contributed by atoms with van der Waals surface area (Å²) in [5, 5.41) is 10.3. The van der Waals surface area contributed by atoms with Crippen LogP contribution in [0.4, 0.5) is 10.5 Å². The van der Waals surface area contributed by atoms with Crippen molar-refractivity contribution >= 4 is 11.7 Å². The maximum atomic E-state index is 12.5. The van der Waals surface area contributed by atoms with Gasteiger partial charge in [0.1, 0.15) is 0 Å². The van der Waals surface area contributed by atoms with Crippen molar-refractivity contribution in [3.05, 3.63) is 65.5 Å². The number of methoxy groups -OCH3 is 1. The molecule has 1 aromatic heterocycles. The minimum atomic E-state index is -0.291. The van der Waals surface area contributed by atoms with E-state index in [9.17, 15) is 4.79 Å². The van der Waals surface area contributed by atoms with Crippen LogP contribution in [0.5, 0.6) is 11.5 Å². The van der Waals surface area contributed by atoms with Crippen LogP contribution in [0.1, 0.15) is 36.8 Å². The highest BCUT2D eigenvalue weighted by molar-refractivity contribution is 5.89. The highest BCUT2D eigenvalue weighted by atomic mass is 16.5. The molecule has 0 radical (unpaired) electrons. The fraction of sp³-hybridized carbons (Fsp3) is 0.304. The molecule has 0 saturated carbocycles. The summed E-state index contributed by atoms with van der Waals surface area (Å²) in [6.07, 6.45) is 0. The first kappa shape index (κ1) is 21.2. The van der Waals surface area contributed by atoms with Crippen LogP contribution in [0.15, 0.2) is 48.5 Å². The van der Waals surface area contributed by atoms with Crippen LogP contribution in [0.25, 0.3) is 5.69 Å². The fourth-order valence-electron chi connectivity index (χ4n) is 3.28. The Hall–Kier alpha value is -3.48. The first-order valence-electron chi connectivity index (χ1n) is 9.93. The molecule has 2 N–H and O–H groups in total. The molecule has 30 heavy (non-hydrogen) atoms. The first-order valence-corrected chi connectivity index (χ1v) is 9.93. The van der Waals surface area contributed by atoms with Crippen molar-refractivity contribution in [3.63, 3.8) is 0 Å². The molecule has 7 heteroatoms. The van der Waals surface area contributed by atoms with Gasteiger partial charge in [-0.3, -0.25) is 0 Å². The number of carbonyl (C=O) groups is 1. The molecule has 0 aliphatic rings. The van der Waals surface area contributed by atoms with Gasteiger partial charge in [-0.15, -0.1) is 0 Å². The van der Waals surface area contributed by atoms with Gasteiger partial charge in [-0.2, -0.15) is 5.10 Å². The number of hydrogen-bond acceptors (Lipinski definition) is 4. The molecule has 158 valence electrons. The highest BCUT2D eigenvalue weighted by Crippen LogP contribution is 2.30. The van der Waals surface area contributed by atoms with E-state index in [2.05, 4.69) is 15.7 Å². The standard InChI is InChI=1S/C23H28N4O3/c1-6-30-21-11-10-18(13-22(21)29-5)17(4)24-23(28)25-19-8-7-9-20(14-19)27-16(3)12-15(2)26-27/h7-14,17H,6H2,1-5H3,(H2,24,25,28). The van der Waals surface area contributed by atoms with E-state index in [0.29, 0.717) is 23.8 Å². The maximum Gasteiger partial charge on any atom is 0.319 e. The molecule has 3 aromatic rings. The third-order valence-corrected chi connectivity index (χ3v) is 4.69. The number of amides is 2. The van der Waals surface area contributed by atoms with E-state index in [1.807, 2.05) is 80.9 Å². The van der Waals surface area contributed by atoms with Gasteiger partial charge in [-0.25, -0.2) is 9.48 Å². The summed E-state index contributed by atoms with van der Waals surface area (Å²) >= 11 is 0. The van der Waals surface area contributed by atoms with E-state index in [1.165, 1.54) is 0 Å². The van der Waals surface area contributed by atoms with Crippen LogP contribution in [0.3, 0.4) is 0 Å². The molecule has 0 fully saturated rings. The number of nitrogens with zero attached hydrogens (tertiary/aromatic N) is 2. The van der Waals surface area contributed by atoms with Gasteiger partial charge in [-0.1, -0.05) is 12.1 Å². The number of urea groups is 1. The number of aryl methyl sites for hydroxylation is 2. The molecule has 2 amide bonds. The van der Waals surface area contributed by atoms with E-state index < -0.39 is 0 Å². The van der Waals surface area contributed by atoms with Crippen LogP contribution in [0, 0.1) is 13.8 Å².